The fraction of sp³-hybridized carbons (Fsp3) is 0.200. The zero-order valence-corrected chi connectivity index (χ0v) is 7.14. The van der Waals surface area contributed by atoms with Gasteiger partial charge in [-0.05, 0) is 18.6 Å². The van der Waals surface area contributed by atoms with E-state index < -0.39 is 0 Å². The molecule has 0 amide bonds. The predicted octanol–water partition coefficient (Wildman–Crippen LogP) is 3.02. The van der Waals surface area contributed by atoms with Gasteiger partial charge in [0.1, 0.15) is 0 Å². The van der Waals surface area contributed by atoms with Gasteiger partial charge >= 0.3 is 0 Å². The van der Waals surface area contributed by atoms with Gasteiger partial charge in [0.25, 0.3) is 0 Å². The molecule has 1 aliphatic rings. The molecule has 0 aromatic carbocycles. The summed E-state index contributed by atoms with van der Waals surface area (Å²) in [5, 5.41) is 7.86. The van der Waals surface area contributed by atoms with Crippen LogP contribution in [0.5, 0.6) is 0 Å². The molecule has 0 radical (unpaired) electrons. The molecule has 1 unspecified atom stereocenters. The van der Waals surface area contributed by atoms with Crippen LogP contribution in [0.4, 0.5) is 0 Å². The summed E-state index contributed by atoms with van der Waals surface area (Å²) >= 11 is 0. The second-order valence-electron chi connectivity index (χ2n) is 2.61. The molecule has 0 saturated heterocycles. The number of nitrogens with zero attached hydrogens (tertiary/aromatic N) is 2. The lowest BCUT2D eigenvalue weighted by molar-refractivity contribution is 0.849. The van der Waals surface area contributed by atoms with Crippen molar-refractivity contribution in [3.63, 3.8) is 0 Å². The van der Waals surface area contributed by atoms with Crippen LogP contribution in [0, 0.1) is 0 Å². The van der Waals surface area contributed by atoms with Crippen LogP contribution in [0.3, 0.4) is 0 Å². The third-order valence-corrected chi connectivity index (χ3v) is 1.42. The molecule has 0 aromatic rings. The van der Waals surface area contributed by atoms with Crippen LogP contribution in [0.2, 0.25) is 0 Å². The summed E-state index contributed by atoms with van der Waals surface area (Å²) < 4.78 is 0. The van der Waals surface area contributed by atoms with E-state index in [2.05, 4.69) is 16.8 Å². The molecule has 1 aliphatic heterocycles. The zero-order chi connectivity index (χ0) is 8.81. The van der Waals surface area contributed by atoms with Gasteiger partial charge in [-0.1, -0.05) is 30.9 Å². The lowest BCUT2D eigenvalue weighted by Crippen LogP contribution is -1.88. The Morgan fingerprint density at radius 2 is 2.17 bits per heavy atom. The molecule has 0 spiro atoms. The zero-order valence-electron chi connectivity index (χ0n) is 7.14. The van der Waals surface area contributed by atoms with Crippen LogP contribution in [-0.2, 0) is 0 Å². The molecule has 0 aromatic heterocycles. The summed E-state index contributed by atoms with van der Waals surface area (Å²) in [6.45, 7) is 5.78. The largest absolute Gasteiger partial charge is 0.182 e. The summed E-state index contributed by atoms with van der Waals surface area (Å²) in [4.78, 5) is 0. The Bertz CT molecular complexity index is 244. The fourth-order valence-corrected chi connectivity index (χ4v) is 0.771. The van der Waals surface area contributed by atoms with Gasteiger partial charge in [0.15, 0.2) is 0 Å². The molecule has 0 saturated carbocycles. The molecule has 1 rings (SSSR count). The lowest BCUT2D eigenvalue weighted by Gasteiger charge is -1.95. The Hall–Kier alpha value is -1.44. The predicted molar refractivity (Wildman–Crippen MR) is 50.9 cm³/mol. The van der Waals surface area contributed by atoms with E-state index in [-0.39, 0.29) is 6.04 Å². The van der Waals surface area contributed by atoms with Crippen molar-refractivity contribution in [2.45, 2.75) is 13.0 Å². The highest BCUT2D eigenvalue weighted by Gasteiger charge is 1.89. The monoisotopic (exact) mass is 160 g/mol. The molecule has 0 bridgehead atoms. The first-order valence-electron chi connectivity index (χ1n) is 3.89. The summed E-state index contributed by atoms with van der Waals surface area (Å²) in [5.74, 6) is 0. The average Bonchev–Trinajstić information content (AvgIpc) is 2.06. The maximum atomic E-state index is 4.00. The first-order chi connectivity index (χ1) is 5.79. The van der Waals surface area contributed by atoms with E-state index in [1.165, 1.54) is 0 Å². The Morgan fingerprint density at radius 1 is 1.33 bits per heavy atom. The first kappa shape index (κ1) is 8.65. The van der Waals surface area contributed by atoms with E-state index in [1.54, 1.807) is 6.20 Å². The van der Waals surface area contributed by atoms with Crippen LogP contribution < -0.4 is 0 Å². The summed E-state index contributed by atoms with van der Waals surface area (Å²) in [6.07, 6.45) is 11.3. The fourth-order valence-electron chi connectivity index (χ4n) is 0.771. The second-order valence-corrected chi connectivity index (χ2v) is 2.61. The Labute approximate surface area is 72.7 Å². The molecule has 0 N–H and O–H groups in total. The van der Waals surface area contributed by atoms with E-state index in [4.69, 9.17) is 0 Å². The molecular formula is C10H12N2. The van der Waals surface area contributed by atoms with Gasteiger partial charge in [-0.3, -0.25) is 0 Å². The maximum Gasteiger partial charge on any atom is 0.0867 e. The van der Waals surface area contributed by atoms with Crippen molar-refractivity contribution < 1.29 is 0 Å². The summed E-state index contributed by atoms with van der Waals surface area (Å²) in [7, 11) is 0. The average molecular weight is 160 g/mol. The Morgan fingerprint density at radius 3 is 3.00 bits per heavy atom. The van der Waals surface area contributed by atoms with Crippen LogP contribution >= 0.6 is 0 Å². The van der Waals surface area contributed by atoms with Crippen LogP contribution in [0.15, 0.2) is 59.0 Å². The number of hydrogen-bond donors (Lipinski definition) is 0. The highest BCUT2D eigenvalue weighted by Crippen LogP contribution is 2.01. The topological polar surface area (TPSA) is 24.7 Å². The number of hydrogen-bond acceptors (Lipinski definition) is 2. The number of rotatable bonds is 0. The number of allylic oxidation sites excluding steroid dienone is 5. The van der Waals surface area contributed by atoms with Gasteiger partial charge < -0.3 is 0 Å². The van der Waals surface area contributed by atoms with E-state index in [9.17, 15) is 0 Å². The highest BCUT2D eigenvalue weighted by molar-refractivity contribution is 5.29. The molecule has 1 heterocycles. The van der Waals surface area contributed by atoms with Gasteiger partial charge in [-0.2, -0.15) is 10.2 Å². The van der Waals surface area contributed by atoms with Crippen molar-refractivity contribution in [1.29, 1.82) is 0 Å². The molecule has 0 aliphatic carbocycles. The third kappa shape index (κ3) is 3.10. The Kier molecular flexibility index (Phi) is 3.20. The summed E-state index contributed by atoms with van der Waals surface area (Å²) in [5.41, 5.74) is 0.924. The molecular weight excluding hydrogens is 148 g/mol. The smallest absolute Gasteiger partial charge is 0.0867 e. The van der Waals surface area contributed by atoms with E-state index in [0.717, 1.165) is 5.57 Å². The molecule has 2 nitrogen and oxygen atoms in total. The second kappa shape index (κ2) is 4.44. The normalized spacial score (nSPS) is 33.8. The van der Waals surface area contributed by atoms with Crippen LogP contribution in [0.25, 0.3) is 0 Å². The Balaban J connectivity index is 2.77. The van der Waals surface area contributed by atoms with E-state index in [0.29, 0.717) is 0 Å². The van der Waals surface area contributed by atoms with Gasteiger partial charge in [-0.25, -0.2) is 0 Å². The molecule has 62 valence electrons. The molecule has 1 atom stereocenters. The van der Waals surface area contributed by atoms with Gasteiger partial charge in [0.2, 0.25) is 0 Å². The van der Waals surface area contributed by atoms with Crippen molar-refractivity contribution in [1.82, 2.24) is 0 Å². The third-order valence-electron chi connectivity index (χ3n) is 1.42. The lowest BCUT2D eigenvalue weighted by atomic mass is 10.2. The van der Waals surface area contributed by atoms with Gasteiger partial charge in [-0.15, -0.1) is 0 Å². The molecule has 2 heteroatoms. The van der Waals surface area contributed by atoms with Crippen LogP contribution in [0.1, 0.15) is 6.92 Å². The van der Waals surface area contributed by atoms with Crippen molar-refractivity contribution in [3.05, 3.63) is 48.7 Å². The minimum absolute atomic E-state index is 0.144. The molecule has 0 fully saturated rings. The maximum absolute atomic E-state index is 4.00. The van der Waals surface area contributed by atoms with Crippen LogP contribution in [-0.4, -0.2) is 6.04 Å². The minimum atomic E-state index is 0.144. The SMILES string of the molecule is C=C1/C=C\C=C/C(C)/N=N\C=C/1. The van der Waals surface area contributed by atoms with Gasteiger partial charge in [0, 0.05) is 6.20 Å². The van der Waals surface area contributed by atoms with Crippen molar-refractivity contribution in [2.24, 2.45) is 10.2 Å². The van der Waals surface area contributed by atoms with Crippen molar-refractivity contribution in [3.8, 4) is 0 Å². The van der Waals surface area contributed by atoms with E-state index in [1.807, 2.05) is 37.3 Å². The first-order valence-corrected chi connectivity index (χ1v) is 3.89. The van der Waals surface area contributed by atoms with Gasteiger partial charge in [0.05, 0.1) is 6.04 Å². The number of azo groups is 1. The standard InChI is InChI=1S/C10H12N2/c1-9-5-3-4-6-10(2)12-11-8-7-9/h3-8,10H,1H2,2H3/b5-3-,6-4-,8-7-,12-11-. The minimum Gasteiger partial charge on any atom is -0.182 e. The molecule has 12 heavy (non-hydrogen) atoms. The highest BCUT2D eigenvalue weighted by atomic mass is 15.1. The quantitative estimate of drug-likeness (QED) is 0.520. The summed E-state index contributed by atoms with van der Waals surface area (Å²) in [6, 6.07) is 0.144. The van der Waals surface area contributed by atoms with Crippen molar-refractivity contribution >= 4 is 0 Å². The van der Waals surface area contributed by atoms with E-state index >= 15 is 0 Å². The van der Waals surface area contributed by atoms with Crippen molar-refractivity contribution in [2.75, 3.05) is 0 Å².